The lowest BCUT2D eigenvalue weighted by atomic mass is 10.3. The van der Waals surface area contributed by atoms with Crippen LogP contribution in [0.4, 0.5) is 5.69 Å². The Kier molecular flexibility index (Phi) is 2.01. The lowest BCUT2D eigenvalue weighted by Crippen LogP contribution is -1.93. The van der Waals surface area contributed by atoms with Gasteiger partial charge in [0.2, 0.25) is 0 Å². The van der Waals surface area contributed by atoms with Crippen LogP contribution in [0.1, 0.15) is 0 Å². The first kappa shape index (κ1) is 9.17. The number of non-ortho nitro benzene ring substituents is 1. The molecule has 1 heterocycles. The van der Waals surface area contributed by atoms with Gasteiger partial charge in [0.1, 0.15) is 5.52 Å². The molecule has 0 aliphatic heterocycles. The van der Waals surface area contributed by atoms with E-state index in [9.17, 15) is 14.9 Å². The van der Waals surface area contributed by atoms with Crippen molar-refractivity contribution in [3.05, 3.63) is 36.9 Å². The molecule has 0 spiro atoms. The van der Waals surface area contributed by atoms with Gasteiger partial charge in [0.25, 0.3) is 5.69 Å². The van der Waals surface area contributed by atoms with Crippen LogP contribution in [-0.4, -0.2) is 9.91 Å². The molecule has 1 aromatic heterocycles. The topological polar surface area (TPSA) is 76.0 Å². The minimum Gasteiger partial charge on any atom is -0.307 e. The van der Waals surface area contributed by atoms with Gasteiger partial charge in [-0.05, 0) is 6.07 Å². The number of fused-ring (bicyclic) bond motifs is 1. The van der Waals surface area contributed by atoms with Crippen molar-refractivity contribution in [3.8, 4) is 0 Å². The van der Waals surface area contributed by atoms with E-state index in [0.29, 0.717) is 4.70 Å². The molecule has 72 valence electrons. The number of H-pyrrole nitrogens is 1. The van der Waals surface area contributed by atoms with Crippen molar-refractivity contribution >= 4 is 38.8 Å². The van der Waals surface area contributed by atoms with E-state index >= 15 is 0 Å². The number of thiazole rings is 1. The monoisotopic (exact) mass is 230 g/mol. The molecule has 0 unspecified atom stereocenters. The van der Waals surface area contributed by atoms with Gasteiger partial charge in [0, 0.05) is 11.1 Å². The largest absolute Gasteiger partial charge is 0.307 e. The number of nitrogens with zero attached hydrogens (tertiary/aromatic N) is 1. The molecule has 0 saturated heterocycles. The summed E-state index contributed by atoms with van der Waals surface area (Å²) in [5.41, 5.74) is 0.0558. The Morgan fingerprint density at radius 3 is 2.86 bits per heavy atom. The molecule has 0 atom stereocenters. The maximum atomic E-state index is 11.0. The van der Waals surface area contributed by atoms with Crippen LogP contribution in [0.5, 0.6) is 0 Å². The summed E-state index contributed by atoms with van der Waals surface area (Å²) in [7, 11) is 0. The Labute approximate surface area is 86.1 Å². The third-order valence-electron chi connectivity index (χ3n) is 1.67. The van der Waals surface area contributed by atoms with E-state index in [1.165, 1.54) is 12.1 Å². The summed E-state index contributed by atoms with van der Waals surface area (Å²) in [6, 6.07) is 2.74. The first-order chi connectivity index (χ1) is 6.58. The Bertz CT molecular complexity index is 574. The predicted molar refractivity (Wildman–Crippen MR) is 54.1 cm³/mol. The zero-order valence-corrected chi connectivity index (χ0v) is 8.19. The van der Waals surface area contributed by atoms with Crippen molar-refractivity contribution in [2.24, 2.45) is 0 Å². The molecule has 5 nitrogen and oxygen atoms in total. The van der Waals surface area contributed by atoms with Crippen molar-refractivity contribution in [1.29, 1.82) is 0 Å². The van der Waals surface area contributed by atoms with Crippen LogP contribution in [0.3, 0.4) is 0 Å². The first-order valence-electron chi connectivity index (χ1n) is 3.54. The number of rotatable bonds is 1. The van der Waals surface area contributed by atoms with Crippen LogP contribution in [0.25, 0.3) is 10.2 Å². The van der Waals surface area contributed by atoms with Gasteiger partial charge in [0.05, 0.1) is 9.62 Å². The smallest absolute Gasteiger partial charge is 0.305 e. The molecule has 1 aromatic carbocycles. The fourth-order valence-electron chi connectivity index (χ4n) is 1.15. The average Bonchev–Trinajstić information content (AvgIpc) is 2.42. The van der Waals surface area contributed by atoms with E-state index in [-0.39, 0.29) is 21.1 Å². The van der Waals surface area contributed by atoms with Crippen LogP contribution >= 0.6 is 22.9 Å². The van der Waals surface area contributed by atoms with Gasteiger partial charge >= 0.3 is 4.87 Å². The zero-order chi connectivity index (χ0) is 10.3. The first-order valence-corrected chi connectivity index (χ1v) is 4.74. The molecular formula is C7H3ClN2O3S. The average molecular weight is 231 g/mol. The number of nitro groups is 1. The maximum Gasteiger partial charge on any atom is 0.305 e. The summed E-state index contributed by atoms with van der Waals surface area (Å²) in [6.07, 6.45) is 0. The molecule has 1 N–H and O–H groups in total. The van der Waals surface area contributed by atoms with Crippen molar-refractivity contribution in [1.82, 2.24) is 4.98 Å². The Hall–Kier alpha value is -1.40. The summed E-state index contributed by atoms with van der Waals surface area (Å²) < 4.78 is 0.495. The van der Waals surface area contributed by atoms with Gasteiger partial charge < -0.3 is 4.98 Å². The molecule has 14 heavy (non-hydrogen) atoms. The number of nitrogens with one attached hydrogen (secondary N) is 1. The van der Waals surface area contributed by atoms with Gasteiger partial charge in [-0.3, -0.25) is 14.9 Å². The van der Waals surface area contributed by atoms with E-state index in [1.54, 1.807) is 0 Å². The van der Waals surface area contributed by atoms with Crippen molar-refractivity contribution in [2.45, 2.75) is 0 Å². The third kappa shape index (κ3) is 1.38. The molecule has 2 aromatic rings. The molecular weight excluding hydrogens is 228 g/mol. The molecule has 2 rings (SSSR count). The Morgan fingerprint density at radius 2 is 2.21 bits per heavy atom. The molecule has 0 saturated carbocycles. The second-order valence-electron chi connectivity index (χ2n) is 2.57. The van der Waals surface area contributed by atoms with Gasteiger partial charge in [-0.25, -0.2) is 0 Å². The standard InChI is InChI=1S/C7H3ClN2O3S/c8-3-1-4(10(12)13)6-5(2-3)14-7(11)9-6/h1-2H,(H,9,11). The highest BCUT2D eigenvalue weighted by Crippen LogP contribution is 2.29. The number of nitro benzene ring substituents is 1. The summed E-state index contributed by atoms with van der Waals surface area (Å²) in [6.45, 7) is 0. The molecule has 0 aliphatic rings. The second-order valence-corrected chi connectivity index (χ2v) is 4.02. The highest BCUT2D eigenvalue weighted by Gasteiger charge is 2.15. The molecule has 7 heteroatoms. The van der Waals surface area contributed by atoms with Crippen molar-refractivity contribution < 1.29 is 4.92 Å². The lowest BCUT2D eigenvalue weighted by molar-refractivity contribution is -0.383. The van der Waals surface area contributed by atoms with E-state index in [0.717, 1.165) is 11.3 Å². The summed E-state index contributed by atoms with van der Waals surface area (Å²) >= 11 is 6.56. The number of halogens is 1. The van der Waals surface area contributed by atoms with Crippen LogP contribution in [0, 0.1) is 10.1 Å². The van der Waals surface area contributed by atoms with Crippen molar-refractivity contribution in [3.63, 3.8) is 0 Å². The van der Waals surface area contributed by atoms with Crippen molar-refractivity contribution in [2.75, 3.05) is 0 Å². The molecule has 0 aliphatic carbocycles. The molecule has 0 radical (unpaired) electrons. The molecule has 0 bridgehead atoms. The number of aromatic nitrogens is 1. The summed E-state index contributed by atoms with van der Waals surface area (Å²) in [4.78, 5) is 23.1. The highest BCUT2D eigenvalue weighted by atomic mass is 35.5. The Balaban J connectivity index is 2.92. The minimum atomic E-state index is -0.573. The minimum absolute atomic E-state index is 0.175. The quantitative estimate of drug-likeness (QED) is 0.602. The fraction of sp³-hybridized carbons (Fsp3) is 0. The molecule has 0 fully saturated rings. The number of hydrogen-bond donors (Lipinski definition) is 1. The number of aromatic amines is 1. The number of benzene rings is 1. The van der Waals surface area contributed by atoms with Crippen LogP contribution < -0.4 is 4.87 Å². The SMILES string of the molecule is O=c1[nH]c2c([N+](=O)[O-])cc(Cl)cc2s1. The van der Waals surface area contributed by atoms with Gasteiger partial charge in [-0.1, -0.05) is 22.9 Å². The lowest BCUT2D eigenvalue weighted by Gasteiger charge is -1.93. The molecule has 0 amide bonds. The van der Waals surface area contributed by atoms with Crippen LogP contribution in [0.2, 0.25) is 5.02 Å². The second kappa shape index (κ2) is 3.07. The Morgan fingerprint density at radius 1 is 1.50 bits per heavy atom. The van der Waals surface area contributed by atoms with E-state index in [1.807, 2.05) is 0 Å². The van der Waals surface area contributed by atoms with E-state index in [4.69, 9.17) is 11.6 Å². The van der Waals surface area contributed by atoms with Gasteiger partial charge in [0.15, 0.2) is 0 Å². The fourth-order valence-corrected chi connectivity index (χ4v) is 2.22. The highest BCUT2D eigenvalue weighted by molar-refractivity contribution is 7.16. The summed E-state index contributed by atoms with van der Waals surface area (Å²) in [5.74, 6) is 0. The third-order valence-corrected chi connectivity index (χ3v) is 2.72. The van der Waals surface area contributed by atoms with E-state index in [2.05, 4.69) is 4.98 Å². The predicted octanol–water partition coefficient (Wildman–Crippen LogP) is 2.15. The van der Waals surface area contributed by atoms with E-state index < -0.39 is 4.92 Å². The van der Waals surface area contributed by atoms with Gasteiger partial charge in [-0.15, -0.1) is 0 Å². The summed E-state index contributed by atoms with van der Waals surface area (Å²) in [5, 5.41) is 10.9. The zero-order valence-electron chi connectivity index (χ0n) is 6.61. The van der Waals surface area contributed by atoms with Crippen LogP contribution in [0.15, 0.2) is 16.9 Å². The van der Waals surface area contributed by atoms with Gasteiger partial charge in [-0.2, -0.15) is 0 Å². The maximum absolute atomic E-state index is 11.0. The normalized spacial score (nSPS) is 10.6. The number of hydrogen-bond acceptors (Lipinski definition) is 4. The van der Waals surface area contributed by atoms with Crippen LogP contribution in [-0.2, 0) is 0 Å².